The lowest BCUT2D eigenvalue weighted by Crippen LogP contribution is -2.13. The third kappa shape index (κ3) is 2.35. The second-order valence-electron chi connectivity index (χ2n) is 5.36. The first-order valence-electron chi connectivity index (χ1n) is 7.28. The number of hydrogen-bond donors (Lipinski definition) is 0. The first-order valence-corrected chi connectivity index (χ1v) is 7.65. The molecule has 25 heavy (non-hydrogen) atoms. The minimum Gasteiger partial charge on any atom is -0.298 e. The maximum atomic E-state index is 14.4. The molecular weight excluding hydrogens is 350 g/mol. The van der Waals surface area contributed by atoms with Gasteiger partial charge >= 0.3 is 0 Å². The molecule has 124 valence electrons. The Hall–Kier alpha value is -2.93. The minimum absolute atomic E-state index is 0.0322. The molecule has 5 nitrogen and oxygen atoms in total. The quantitative estimate of drug-likeness (QED) is 0.660. The molecule has 1 aliphatic heterocycles. The van der Waals surface area contributed by atoms with Crippen molar-refractivity contribution >= 4 is 23.6 Å². The average molecular weight is 359 g/mol. The Balaban J connectivity index is 2.10. The van der Waals surface area contributed by atoms with Crippen LogP contribution in [0.1, 0.15) is 27.3 Å². The zero-order valence-electron chi connectivity index (χ0n) is 12.6. The van der Waals surface area contributed by atoms with E-state index < -0.39 is 11.6 Å². The number of aliphatic imine (C=N–C) groups is 1. The van der Waals surface area contributed by atoms with E-state index in [0.29, 0.717) is 17.8 Å². The number of fused-ring (bicyclic) bond motifs is 3. The average Bonchev–Trinajstić information content (AvgIpc) is 3.00. The molecule has 0 spiro atoms. The van der Waals surface area contributed by atoms with Gasteiger partial charge in [0.2, 0.25) is 0 Å². The lowest BCUT2D eigenvalue weighted by atomic mass is 9.97. The standard InChI is InChI=1S/C17H9ClF2N4O/c18-16-9(7-25)4-5-12-15(16)17(14-10(19)2-1-3-11(14)20)21-6-13-23-22-8-24(12)13/h1-5,7-8H,6H2. The summed E-state index contributed by atoms with van der Waals surface area (Å²) in [6.45, 7) is 0.0601. The van der Waals surface area contributed by atoms with E-state index in [1.807, 2.05) is 0 Å². The van der Waals surface area contributed by atoms with E-state index in [0.717, 1.165) is 12.1 Å². The van der Waals surface area contributed by atoms with Crippen molar-refractivity contribution < 1.29 is 13.6 Å². The molecule has 4 rings (SSSR count). The van der Waals surface area contributed by atoms with Crippen molar-refractivity contribution in [2.75, 3.05) is 0 Å². The van der Waals surface area contributed by atoms with E-state index in [1.54, 1.807) is 10.6 Å². The molecule has 0 amide bonds. The number of carbonyl (C=O) groups excluding carboxylic acids is 1. The molecule has 0 bridgehead atoms. The molecule has 0 N–H and O–H groups in total. The molecule has 0 aliphatic carbocycles. The van der Waals surface area contributed by atoms with E-state index >= 15 is 0 Å². The minimum atomic E-state index is -0.769. The Morgan fingerprint density at radius 2 is 1.88 bits per heavy atom. The Morgan fingerprint density at radius 3 is 2.60 bits per heavy atom. The Bertz CT molecular complexity index is 1020. The van der Waals surface area contributed by atoms with Crippen molar-refractivity contribution in [1.82, 2.24) is 14.8 Å². The monoisotopic (exact) mass is 358 g/mol. The summed E-state index contributed by atoms with van der Waals surface area (Å²) in [7, 11) is 0. The smallest absolute Gasteiger partial charge is 0.159 e. The molecule has 0 unspecified atom stereocenters. The van der Waals surface area contributed by atoms with Crippen LogP contribution in [0.4, 0.5) is 8.78 Å². The van der Waals surface area contributed by atoms with Crippen molar-refractivity contribution in [3.05, 3.63) is 75.8 Å². The number of aldehydes is 1. The highest BCUT2D eigenvalue weighted by Crippen LogP contribution is 2.33. The van der Waals surface area contributed by atoms with Gasteiger partial charge in [-0.25, -0.2) is 8.78 Å². The molecule has 0 radical (unpaired) electrons. The van der Waals surface area contributed by atoms with E-state index in [2.05, 4.69) is 15.2 Å². The number of nitrogens with zero attached hydrogens (tertiary/aromatic N) is 4. The van der Waals surface area contributed by atoms with E-state index in [4.69, 9.17) is 11.6 Å². The first kappa shape index (κ1) is 15.6. The predicted octanol–water partition coefficient (Wildman–Crippen LogP) is 3.36. The lowest BCUT2D eigenvalue weighted by molar-refractivity contribution is 0.112. The molecule has 3 aromatic rings. The van der Waals surface area contributed by atoms with Crippen LogP contribution in [-0.2, 0) is 6.54 Å². The van der Waals surface area contributed by atoms with Gasteiger partial charge < -0.3 is 0 Å². The highest BCUT2D eigenvalue weighted by molar-refractivity contribution is 6.38. The van der Waals surface area contributed by atoms with Gasteiger partial charge in [-0.2, -0.15) is 0 Å². The normalized spacial score (nSPS) is 12.8. The summed E-state index contributed by atoms with van der Waals surface area (Å²) in [5, 5.41) is 7.86. The largest absolute Gasteiger partial charge is 0.298 e. The summed E-state index contributed by atoms with van der Waals surface area (Å²) in [5.74, 6) is -1.05. The number of carbonyl (C=O) groups is 1. The van der Waals surface area contributed by atoms with Crippen LogP contribution in [0.5, 0.6) is 0 Å². The molecule has 0 fully saturated rings. The van der Waals surface area contributed by atoms with Crippen LogP contribution in [0.25, 0.3) is 5.69 Å². The van der Waals surface area contributed by atoms with E-state index in [9.17, 15) is 13.6 Å². The molecule has 1 aromatic heterocycles. The van der Waals surface area contributed by atoms with Crippen LogP contribution in [0.15, 0.2) is 41.7 Å². The maximum Gasteiger partial charge on any atom is 0.159 e. The van der Waals surface area contributed by atoms with Crippen molar-refractivity contribution in [2.45, 2.75) is 6.54 Å². The summed E-state index contributed by atoms with van der Waals surface area (Å²) >= 11 is 6.37. The van der Waals surface area contributed by atoms with Crippen molar-refractivity contribution in [3.8, 4) is 5.69 Å². The zero-order valence-corrected chi connectivity index (χ0v) is 13.3. The van der Waals surface area contributed by atoms with Crippen LogP contribution in [0, 0.1) is 11.6 Å². The van der Waals surface area contributed by atoms with Gasteiger partial charge in [-0.15, -0.1) is 10.2 Å². The topological polar surface area (TPSA) is 60.1 Å². The predicted molar refractivity (Wildman–Crippen MR) is 87.5 cm³/mol. The van der Waals surface area contributed by atoms with Gasteiger partial charge in [-0.1, -0.05) is 17.7 Å². The van der Waals surface area contributed by atoms with Gasteiger partial charge in [-0.3, -0.25) is 14.4 Å². The highest BCUT2D eigenvalue weighted by Gasteiger charge is 2.27. The Kier molecular flexibility index (Phi) is 3.65. The number of benzene rings is 2. The molecule has 1 aliphatic rings. The van der Waals surface area contributed by atoms with Gasteiger partial charge in [0.05, 0.1) is 22.0 Å². The van der Waals surface area contributed by atoms with Crippen LogP contribution < -0.4 is 0 Å². The molecule has 0 atom stereocenters. The van der Waals surface area contributed by atoms with Crippen LogP contribution >= 0.6 is 11.6 Å². The van der Waals surface area contributed by atoms with Gasteiger partial charge in [-0.05, 0) is 24.3 Å². The van der Waals surface area contributed by atoms with Gasteiger partial charge in [0.15, 0.2) is 12.1 Å². The summed E-state index contributed by atoms with van der Waals surface area (Å²) < 4.78 is 30.4. The molecular formula is C17H9ClF2N4O. The van der Waals surface area contributed by atoms with Gasteiger partial charge in [0.1, 0.15) is 24.5 Å². The maximum absolute atomic E-state index is 14.4. The van der Waals surface area contributed by atoms with Gasteiger partial charge in [0.25, 0.3) is 0 Å². The summed E-state index contributed by atoms with van der Waals surface area (Å²) in [5.41, 5.74) is 0.682. The second kappa shape index (κ2) is 5.86. The highest BCUT2D eigenvalue weighted by atomic mass is 35.5. The number of hydrogen-bond acceptors (Lipinski definition) is 4. The fourth-order valence-electron chi connectivity index (χ4n) is 2.82. The molecule has 2 heterocycles. The van der Waals surface area contributed by atoms with Crippen LogP contribution in [0.2, 0.25) is 5.02 Å². The van der Waals surface area contributed by atoms with Gasteiger partial charge in [0, 0.05) is 11.1 Å². The number of halogens is 3. The second-order valence-corrected chi connectivity index (χ2v) is 5.74. The SMILES string of the molecule is O=Cc1ccc2c(c1Cl)C(c1c(F)cccc1F)=NCc1nncn1-2. The summed E-state index contributed by atoms with van der Waals surface area (Å²) in [6, 6.07) is 6.70. The van der Waals surface area contributed by atoms with Crippen molar-refractivity contribution in [2.24, 2.45) is 4.99 Å². The number of aromatic nitrogens is 3. The molecule has 0 saturated heterocycles. The Morgan fingerprint density at radius 1 is 1.12 bits per heavy atom. The Labute approximate surface area is 145 Å². The molecule has 0 saturated carbocycles. The van der Waals surface area contributed by atoms with Crippen molar-refractivity contribution in [1.29, 1.82) is 0 Å². The summed E-state index contributed by atoms with van der Waals surface area (Å²) in [6.07, 6.45) is 2.04. The molecule has 8 heteroatoms. The fourth-order valence-corrected chi connectivity index (χ4v) is 3.12. The van der Waals surface area contributed by atoms with Crippen LogP contribution in [-0.4, -0.2) is 26.8 Å². The van der Waals surface area contributed by atoms with Crippen molar-refractivity contribution in [3.63, 3.8) is 0 Å². The van der Waals surface area contributed by atoms with Crippen LogP contribution in [0.3, 0.4) is 0 Å². The third-order valence-corrected chi connectivity index (χ3v) is 4.38. The summed E-state index contributed by atoms with van der Waals surface area (Å²) in [4.78, 5) is 15.6. The number of rotatable bonds is 2. The van der Waals surface area contributed by atoms with E-state index in [1.165, 1.54) is 18.5 Å². The first-order chi connectivity index (χ1) is 12.1. The van der Waals surface area contributed by atoms with E-state index in [-0.39, 0.29) is 34.0 Å². The lowest BCUT2D eigenvalue weighted by Gasteiger charge is -2.15. The fraction of sp³-hybridized carbons (Fsp3) is 0.0588. The molecule has 2 aromatic carbocycles. The third-order valence-electron chi connectivity index (χ3n) is 3.97. The zero-order chi connectivity index (χ0) is 17.6.